The standard InChI is InChI=1S/C12H17N4O8P/c13-9-1-2-16(12(21)14-9)4-7-5-24-25(22,6-23-7)15-8(11(19)20)3-10(17)18/h1-2,7-8H,3-6H2,(H,15,22)(H,17,18)(H,19,20)(H2,13,14,21)/t7-,8-,25?/m0/s1. The molecule has 1 unspecified atom stereocenters. The smallest absolute Gasteiger partial charge is 0.349 e. The van der Waals surface area contributed by atoms with Crippen LogP contribution in [0.4, 0.5) is 5.82 Å². The van der Waals surface area contributed by atoms with Crippen LogP contribution in [0, 0.1) is 0 Å². The zero-order valence-electron chi connectivity index (χ0n) is 12.9. The summed E-state index contributed by atoms with van der Waals surface area (Å²) >= 11 is 0. The van der Waals surface area contributed by atoms with Gasteiger partial charge in [-0.3, -0.25) is 18.7 Å². The van der Waals surface area contributed by atoms with E-state index in [-0.39, 0.29) is 19.0 Å². The van der Waals surface area contributed by atoms with E-state index in [4.69, 9.17) is 25.2 Å². The van der Waals surface area contributed by atoms with Crippen molar-refractivity contribution in [3.05, 3.63) is 22.7 Å². The Morgan fingerprint density at radius 1 is 1.52 bits per heavy atom. The van der Waals surface area contributed by atoms with E-state index < -0.39 is 50.1 Å². The third-order valence-electron chi connectivity index (χ3n) is 3.27. The fourth-order valence-corrected chi connectivity index (χ4v) is 3.79. The Balaban J connectivity index is 1.95. The number of carboxylic acids is 2. The Morgan fingerprint density at radius 3 is 2.76 bits per heavy atom. The second kappa shape index (κ2) is 7.74. The highest BCUT2D eigenvalue weighted by Gasteiger charge is 2.37. The van der Waals surface area contributed by atoms with Gasteiger partial charge in [0.1, 0.15) is 24.3 Å². The average molecular weight is 376 g/mol. The molecule has 5 N–H and O–H groups in total. The lowest BCUT2D eigenvalue weighted by molar-refractivity contribution is -0.145. The summed E-state index contributed by atoms with van der Waals surface area (Å²) in [4.78, 5) is 36.9. The van der Waals surface area contributed by atoms with E-state index in [1.54, 1.807) is 0 Å². The Kier molecular flexibility index (Phi) is 5.90. The summed E-state index contributed by atoms with van der Waals surface area (Å²) in [7, 11) is -3.68. The van der Waals surface area contributed by atoms with Crippen molar-refractivity contribution in [1.82, 2.24) is 14.6 Å². The van der Waals surface area contributed by atoms with Gasteiger partial charge in [-0.05, 0) is 6.07 Å². The molecule has 0 amide bonds. The van der Waals surface area contributed by atoms with Crippen molar-refractivity contribution in [3.63, 3.8) is 0 Å². The molecule has 1 fully saturated rings. The maximum Gasteiger partial charge on any atom is 0.349 e. The quantitative estimate of drug-likeness (QED) is 0.424. The van der Waals surface area contributed by atoms with Gasteiger partial charge in [0, 0.05) is 6.20 Å². The first-order valence-corrected chi connectivity index (χ1v) is 8.90. The Bertz CT molecular complexity index is 754. The van der Waals surface area contributed by atoms with E-state index in [1.165, 1.54) is 16.8 Å². The Morgan fingerprint density at radius 2 is 2.24 bits per heavy atom. The minimum Gasteiger partial charge on any atom is -0.481 e. The van der Waals surface area contributed by atoms with Crippen LogP contribution >= 0.6 is 7.52 Å². The van der Waals surface area contributed by atoms with Crippen LogP contribution in [0.3, 0.4) is 0 Å². The van der Waals surface area contributed by atoms with Crippen molar-refractivity contribution in [3.8, 4) is 0 Å². The highest BCUT2D eigenvalue weighted by molar-refractivity contribution is 7.56. The minimum atomic E-state index is -3.68. The molecular weight excluding hydrogens is 359 g/mol. The van der Waals surface area contributed by atoms with Gasteiger partial charge < -0.3 is 25.2 Å². The summed E-state index contributed by atoms with van der Waals surface area (Å²) < 4.78 is 24.2. The molecule has 0 radical (unpaired) electrons. The molecule has 1 saturated heterocycles. The normalized spacial score (nSPS) is 24.6. The van der Waals surface area contributed by atoms with Gasteiger partial charge in [-0.15, -0.1) is 0 Å². The van der Waals surface area contributed by atoms with Crippen LogP contribution in [0.15, 0.2) is 17.1 Å². The highest BCUT2D eigenvalue weighted by atomic mass is 31.2. The number of aromatic nitrogens is 2. The molecule has 1 aromatic heterocycles. The van der Waals surface area contributed by atoms with Crippen molar-refractivity contribution in [2.75, 3.05) is 18.7 Å². The van der Waals surface area contributed by atoms with Crippen LogP contribution in [-0.2, 0) is 30.0 Å². The maximum absolute atomic E-state index is 12.4. The van der Waals surface area contributed by atoms with E-state index in [0.717, 1.165) is 0 Å². The molecule has 138 valence electrons. The summed E-state index contributed by atoms with van der Waals surface area (Å²) in [6, 6.07) is -0.145. The number of hydrogen-bond donors (Lipinski definition) is 4. The molecule has 2 rings (SSSR count). The lowest BCUT2D eigenvalue weighted by Crippen LogP contribution is -2.41. The number of nitrogens with zero attached hydrogens (tertiary/aromatic N) is 2. The van der Waals surface area contributed by atoms with Crippen LogP contribution in [0.25, 0.3) is 0 Å². The number of hydrogen-bond acceptors (Lipinski definition) is 8. The first-order chi connectivity index (χ1) is 11.7. The number of rotatable bonds is 7. The number of aliphatic carboxylic acids is 2. The summed E-state index contributed by atoms with van der Waals surface area (Å²) in [5.41, 5.74) is 4.81. The number of ether oxygens (including phenoxy) is 1. The third-order valence-corrected chi connectivity index (χ3v) is 5.03. The molecule has 2 heterocycles. The lowest BCUT2D eigenvalue weighted by atomic mass is 10.2. The van der Waals surface area contributed by atoms with Gasteiger partial charge >= 0.3 is 17.6 Å². The van der Waals surface area contributed by atoms with Crippen molar-refractivity contribution in [2.24, 2.45) is 0 Å². The third kappa shape index (κ3) is 5.36. The van der Waals surface area contributed by atoms with E-state index in [1.807, 2.05) is 0 Å². The van der Waals surface area contributed by atoms with E-state index in [2.05, 4.69) is 10.1 Å². The number of nitrogen functional groups attached to an aromatic ring is 1. The van der Waals surface area contributed by atoms with Gasteiger partial charge in [-0.25, -0.2) is 9.88 Å². The summed E-state index contributed by atoms with van der Waals surface area (Å²) in [6.07, 6.45) is -0.417. The topological polar surface area (TPSA) is 183 Å². The number of nitrogens with one attached hydrogen (secondary N) is 1. The Labute approximate surface area is 141 Å². The molecular formula is C12H17N4O8P. The van der Waals surface area contributed by atoms with Crippen LogP contribution < -0.4 is 16.5 Å². The van der Waals surface area contributed by atoms with E-state index in [0.29, 0.717) is 0 Å². The van der Waals surface area contributed by atoms with Crippen LogP contribution in [0.5, 0.6) is 0 Å². The first-order valence-electron chi connectivity index (χ1n) is 7.09. The summed E-state index contributed by atoms with van der Waals surface area (Å²) in [5, 5.41) is 19.9. The van der Waals surface area contributed by atoms with Gasteiger partial charge in [0.15, 0.2) is 0 Å². The molecule has 1 aromatic rings. The molecule has 3 atom stereocenters. The minimum absolute atomic E-state index is 0.0730. The maximum atomic E-state index is 12.4. The lowest BCUT2D eigenvalue weighted by Gasteiger charge is -2.31. The summed E-state index contributed by atoms with van der Waals surface area (Å²) in [5.74, 6) is -2.76. The molecule has 0 bridgehead atoms. The zero-order chi connectivity index (χ0) is 18.6. The first kappa shape index (κ1) is 19.1. The number of carboxylic acid groups (broad SMARTS) is 2. The van der Waals surface area contributed by atoms with Gasteiger partial charge in [0.05, 0.1) is 19.6 Å². The number of carbonyl (C=O) groups is 2. The molecule has 0 saturated carbocycles. The molecule has 1 aliphatic rings. The van der Waals surface area contributed by atoms with Crippen LogP contribution in [-0.4, -0.2) is 56.8 Å². The largest absolute Gasteiger partial charge is 0.481 e. The monoisotopic (exact) mass is 376 g/mol. The zero-order valence-corrected chi connectivity index (χ0v) is 13.8. The molecule has 0 spiro atoms. The van der Waals surface area contributed by atoms with Crippen LogP contribution in [0.2, 0.25) is 0 Å². The van der Waals surface area contributed by atoms with Crippen molar-refractivity contribution in [1.29, 1.82) is 0 Å². The predicted octanol–water partition coefficient (Wildman–Crippen LogP) is -1.09. The molecule has 0 aromatic carbocycles. The predicted molar refractivity (Wildman–Crippen MR) is 83.0 cm³/mol. The molecule has 12 nitrogen and oxygen atoms in total. The molecule has 0 aliphatic carbocycles. The summed E-state index contributed by atoms with van der Waals surface area (Å²) in [6.45, 7) is -0.107. The molecule has 13 heteroatoms. The van der Waals surface area contributed by atoms with Crippen molar-refractivity contribution < 1.29 is 33.6 Å². The number of nitrogens with two attached hydrogens (primary N) is 1. The number of anilines is 1. The van der Waals surface area contributed by atoms with E-state index in [9.17, 15) is 18.9 Å². The van der Waals surface area contributed by atoms with Crippen molar-refractivity contribution >= 4 is 25.3 Å². The van der Waals surface area contributed by atoms with Gasteiger partial charge in [-0.2, -0.15) is 4.98 Å². The highest BCUT2D eigenvalue weighted by Crippen LogP contribution is 2.46. The second-order valence-electron chi connectivity index (χ2n) is 5.29. The van der Waals surface area contributed by atoms with Crippen molar-refractivity contribution in [2.45, 2.75) is 25.1 Å². The van der Waals surface area contributed by atoms with Gasteiger partial charge in [0.2, 0.25) is 0 Å². The Hall–Kier alpha value is -2.27. The average Bonchev–Trinajstić information content (AvgIpc) is 2.51. The fourth-order valence-electron chi connectivity index (χ4n) is 2.07. The van der Waals surface area contributed by atoms with E-state index >= 15 is 0 Å². The SMILES string of the molecule is Nc1ccn(C[C@H]2COP(=O)(N[C@@H](CC(=O)O)C(=O)O)CO2)c(=O)n1. The second-order valence-corrected chi connectivity index (χ2v) is 7.41. The van der Waals surface area contributed by atoms with Gasteiger partial charge in [-0.1, -0.05) is 0 Å². The molecule has 25 heavy (non-hydrogen) atoms. The van der Waals surface area contributed by atoms with Crippen LogP contribution in [0.1, 0.15) is 6.42 Å². The fraction of sp³-hybridized carbons (Fsp3) is 0.500. The molecule has 1 aliphatic heterocycles. The van der Waals surface area contributed by atoms with Gasteiger partial charge in [0.25, 0.3) is 7.52 Å².